The number of carbonyl (C=O) groups excluding carboxylic acids is 1. The van der Waals surface area contributed by atoms with E-state index in [1.54, 1.807) is 37.3 Å². The summed E-state index contributed by atoms with van der Waals surface area (Å²) in [6, 6.07) is 13.2. The van der Waals surface area contributed by atoms with E-state index in [4.69, 9.17) is 15.2 Å². The van der Waals surface area contributed by atoms with Crippen molar-refractivity contribution in [2.45, 2.75) is 6.42 Å². The number of guanidine groups is 1. The maximum absolute atomic E-state index is 12.4. The van der Waals surface area contributed by atoms with E-state index in [0.717, 1.165) is 12.1 Å². The molecule has 7 nitrogen and oxygen atoms in total. The molecule has 1 heterocycles. The Balaban J connectivity index is 1.63. The molecule has 0 saturated heterocycles. The number of methoxy groups -OCH3 is 2. The van der Waals surface area contributed by atoms with Crippen LogP contribution in [0.25, 0.3) is 0 Å². The zero-order valence-corrected chi connectivity index (χ0v) is 14.9. The van der Waals surface area contributed by atoms with Crippen LogP contribution in [0.3, 0.4) is 0 Å². The highest BCUT2D eigenvalue weighted by Gasteiger charge is 2.23. The molecule has 3 N–H and O–H groups in total. The van der Waals surface area contributed by atoms with Gasteiger partial charge in [-0.3, -0.25) is 4.79 Å². The van der Waals surface area contributed by atoms with Crippen molar-refractivity contribution >= 4 is 23.2 Å². The average Bonchev–Trinajstić information content (AvgIpc) is 3.10. The Morgan fingerprint density at radius 2 is 1.96 bits per heavy atom. The number of hydrogen-bond donors (Lipinski definition) is 2. The quantitative estimate of drug-likeness (QED) is 0.633. The molecule has 26 heavy (non-hydrogen) atoms. The number of amides is 1. The smallest absolute Gasteiger partial charge is 0.248 e. The predicted octanol–water partition coefficient (Wildman–Crippen LogP) is 2.02. The Kier molecular flexibility index (Phi) is 5.26. The van der Waals surface area contributed by atoms with Crippen LogP contribution in [0.4, 0.5) is 11.4 Å². The number of benzene rings is 2. The van der Waals surface area contributed by atoms with Crippen molar-refractivity contribution in [1.82, 2.24) is 0 Å². The fraction of sp³-hybridized carbons (Fsp3) is 0.263. The van der Waals surface area contributed by atoms with Gasteiger partial charge in [-0.25, -0.2) is 4.99 Å². The Hall–Kier alpha value is -3.22. The summed E-state index contributed by atoms with van der Waals surface area (Å²) in [5.74, 6) is 1.29. The third kappa shape index (κ3) is 3.72. The molecule has 2 aromatic rings. The highest BCUT2D eigenvalue weighted by molar-refractivity contribution is 5.99. The van der Waals surface area contributed by atoms with Crippen molar-refractivity contribution in [1.29, 1.82) is 0 Å². The van der Waals surface area contributed by atoms with Crippen LogP contribution in [-0.4, -0.2) is 39.2 Å². The van der Waals surface area contributed by atoms with Gasteiger partial charge in [0, 0.05) is 24.0 Å². The standard InChI is InChI=1S/C19H22N4O3/c1-25-16-8-7-14(11-17(16)26-2)22-19(20)21-12-18(24)23-10-9-13-5-3-4-6-15(13)23/h3-8,11H,9-10,12H2,1-2H3,(H3,20,21,22). The van der Waals surface area contributed by atoms with Gasteiger partial charge in [-0.15, -0.1) is 0 Å². The second-order valence-electron chi connectivity index (χ2n) is 5.82. The Morgan fingerprint density at radius 3 is 2.73 bits per heavy atom. The highest BCUT2D eigenvalue weighted by atomic mass is 16.5. The number of rotatable bonds is 5. The topological polar surface area (TPSA) is 89.2 Å². The van der Waals surface area contributed by atoms with E-state index in [2.05, 4.69) is 10.3 Å². The molecule has 0 aromatic heterocycles. The summed E-state index contributed by atoms with van der Waals surface area (Å²) in [5.41, 5.74) is 8.74. The van der Waals surface area contributed by atoms with Gasteiger partial charge in [-0.1, -0.05) is 18.2 Å². The van der Waals surface area contributed by atoms with E-state index < -0.39 is 0 Å². The SMILES string of the molecule is COc1ccc(NC(N)=NCC(=O)N2CCc3ccccc32)cc1OC. The van der Waals surface area contributed by atoms with Gasteiger partial charge in [-0.2, -0.15) is 0 Å². The molecule has 1 aliphatic rings. The van der Waals surface area contributed by atoms with Crippen molar-refractivity contribution in [2.24, 2.45) is 10.7 Å². The lowest BCUT2D eigenvalue weighted by Crippen LogP contribution is -2.32. The molecule has 0 bridgehead atoms. The lowest BCUT2D eigenvalue weighted by Gasteiger charge is -2.16. The molecule has 0 radical (unpaired) electrons. The second-order valence-corrected chi connectivity index (χ2v) is 5.82. The van der Waals surface area contributed by atoms with Gasteiger partial charge in [-0.05, 0) is 30.2 Å². The largest absolute Gasteiger partial charge is 0.493 e. The molecule has 0 aliphatic carbocycles. The molecular weight excluding hydrogens is 332 g/mol. The fourth-order valence-corrected chi connectivity index (χ4v) is 2.94. The number of ether oxygens (including phenoxy) is 2. The number of nitrogens with one attached hydrogen (secondary N) is 1. The van der Waals surface area contributed by atoms with Crippen LogP contribution in [0.2, 0.25) is 0 Å². The summed E-state index contributed by atoms with van der Waals surface area (Å²) in [6.07, 6.45) is 0.866. The summed E-state index contributed by atoms with van der Waals surface area (Å²) in [4.78, 5) is 18.4. The van der Waals surface area contributed by atoms with Crippen LogP contribution in [-0.2, 0) is 11.2 Å². The normalized spacial score (nSPS) is 13.3. The molecule has 0 fully saturated rings. The van der Waals surface area contributed by atoms with Gasteiger partial charge in [0.15, 0.2) is 17.5 Å². The molecule has 0 atom stereocenters. The van der Waals surface area contributed by atoms with Gasteiger partial charge >= 0.3 is 0 Å². The number of aliphatic imine (C=N–C) groups is 1. The van der Waals surface area contributed by atoms with Gasteiger partial charge in [0.1, 0.15) is 6.54 Å². The zero-order valence-electron chi connectivity index (χ0n) is 14.9. The minimum Gasteiger partial charge on any atom is -0.493 e. The molecule has 1 amide bonds. The zero-order chi connectivity index (χ0) is 18.5. The van der Waals surface area contributed by atoms with E-state index in [1.165, 1.54) is 5.56 Å². The van der Waals surface area contributed by atoms with E-state index in [1.807, 2.05) is 24.3 Å². The molecule has 0 saturated carbocycles. The maximum atomic E-state index is 12.4. The minimum atomic E-state index is -0.0768. The molecule has 136 valence electrons. The van der Waals surface area contributed by atoms with Crippen molar-refractivity contribution < 1.29 is 14.3 Å². The van der Waals surface area contributed by atoms with Crippen LogP contribution in [0.1, 0.15) is 5.56 Å². The van der Waals surface area contributed by atoms with E-state index in [9.17, 15) is 4.79 Å². The maximum Gasteiger partial charge on any atom is 0.248 e. The molecule has 2 aromatic carbocycles. The lowest BCUT2D eigenvalue weighted by molar-refractivity contribution is -0.117. The number of fused-ring (bicyclic) bond motifs is 1. The monoisotopic (exact) mass is 354 g/mol. The van der Waals surface area contributed by atoms with Crippen LogP contribution in [0.5, 0.6) is 11.5 Å². The number of carbonyl (C=O) groups is 1. The number of nitrogens with zero attached hydrogens (tertiary/aromatic N) is 2. The van der Waals surface area contributed by atoms with E-state index >= 15 is 0 Å². The minimum absolute atomic E-state index is 0.0134. The van der Waals surface area contributed by atoms with Gasteiger partial charge in [0.05, 0.1) is 14.2 Å². The summed E-state index contributed by atoms with van der Waals surface area (Å²) >= 11 is 0. The van der Waals surface area contributed by atoms with Crippen molar-refractivity contribution in [3.05, 3.63) is 48.0 Å². The first-order valence-electron chi connectivity index (χ1n) is 8.29. The van der Waals surface area contributed by atoms with Crippen LogP contribution in [0, 0.1) is 0 Å². The first-order valence-corrected chi connectivity index (χ1v) is 8.29. The van der Waals surface area contributed by atoms with Gasteiger partial charge in [0.2, 0.25) is 5.91 Å². The number of hydrogen-bond acceptors (Lipinski definition) is 4. The first-order chi connectivity index (χ1) is 12.6. The van der Waals surface area contributed by atoms with Gasteiger partial charge in [0.25, 0.3) is 0 Å². The third-order valence-electron chi connectivity index (χ3n) is 4.23. The van der Waals surface area contributed by atoms with Crippen LogP contribution >= 0.6 is 0 Å². The average molecular weight is 354 g/mol. The van der Waals surface area contributed by atoms with Crippen LogP contribution < -0.4 is 25.4 Å². The molecule has 0 unspecified atom stereocenters. The molecule has 7 heteroatoms. The fourth-order valence-electron chi connectivity index (χ4n) is 2.94. The first kappa shape index (κ1) is 17.6. The molecule has 1 aliphatic heterocycles. The van der Waals surface area contributed by atoms with Crippen LogP contribution in [0.15, 0.2) is 47.5 Å². The predicted molar refractivity (Wildman–Crippen MR) is 102 cm³/mol. The Bertz CT molecular complexity index is 835. The number of para-hydroxylation sites is 1. The molecule has 0 spiro atoms. The highest BCUT2D eigenvalue weighted by Crippen LogP contribution is 2.30. The van der Waals surface area contributed by atoms with Crippen molar-refractivity contribution in [3.63, 3.8) is 0 Å². The molecular formula is C19H22N4O3. The Morgan fingerprint density at radius 1 is 1.19 bits per heavy atom. The third-order valence-corrected chi connectivity index (χ3v) is 4.23. The number of anilines is 2. The second kappa shape index (κ2) is 7.77. The summed E-state index contributed by atoms with van der Waals surface area (Å²) in [6.45, 7) is 0.664. The summed E-state index contributed by atoms with van der Waals surface area (Å²) < 4.78 is 10.4. The van der Waals surface area contributed by atoms with Gasteiger partial charge < -0.3 is 25.4 Å². The summed E-state index contributed by atoms with van der Waals surface area (Å²) in [5, 5.41) is 2.95. The Labute approximate surface area is 152 Å². The lowest BCUT2D eigenvalue weighted by atomic mass is 10.2. The van der Waals surface area contributed by atoms with Crippen molar-refractivity contribution in [3.8, 4) is 11.5 Å². The van der Waals surface area contributed by atoms with Crippen molar-refractivity contribution in [2.75, 3.05) is 37.5 Å². The summed E-state index contributed by atoms with van der Waals surface area (Å²) in [7, 11) is 3.13. The molecule has 3 rings (SSSR count). The van der Waals surface area contributed by atoms with E-state index in [0.29, 0.717) is 23.7 Å². The van der Waals surface area contributed by atoms with E-state index in [-0.39, 0.29) is 18.4 Å². The number of nitrogens with two attached hydrogens (primary N) is 1.